The molecule has 9 N–H and O–H groups in total. The van der Waals surface area contributed by atoms with E-state index in [1.54, 1.807) is 20.8 Å². The minimum atomic E-state index is -1.91. The molecule has 1 saturated carbocycles. The smallest absolute Gasteiger partial charge is 0.183 e. The van der Waals surface area contributed by atoms with Crippen LogP contribution in [0.1, 0.15) is 80.0 Å². The van der Waals surface area contributed by atoms with E-state index in [9.17, 15) is 55.5 Å². The zero-order valence-corrected chi connectivity index (χ0v) is 29.9. The van der Waals surface area contributed by atoms with E-state index in [0.717, 1.165) is 0 Å². The number of carbonyl (C=O) groups excluding carboxylic acids is 2. The molecule has 16 atom stereocenters. The second kappa shape index (κ2) is 14.8. The van der Waals surface area contributed by atoms with Crippen LogP contribution in [0.4, 0.5) is 0 Å². The third-order valence-electron chi connectivity index (χ3n) is 11.7. The van der Waals surface area contributed by atoms with Crippen LogP contribution in [-0.2, 0) is 28.4 Å². The van der Waals surface area contributed by atoms with Crippen molar-refractivity contribution in [2.75, 3.05) is 0 Å². The topological polar surface area (TPSA) is 272 Å². The highest BCUT2D eigenvalue weighted by atomic mass is 16.8. The van der Waals surface area contributed by atoms with Crippen molar-refractivity contribution < 1.29 is 84.0 Å². The normalized spacial score (nSPS) is 44.1. The minimum Gasteiger partial charge on any atom is -0.511 e. The van der Waals surface area contributed by atoms with Gasteiger partial charge in [0.1, 0.15) is 41.7 Å². The highest BCUT2D eigenvalue weighted by Gasteiger charge is 2.58. The lowest BCUT2D eigenvalue weighted by Gasteiger charge is -2.48. The fourth-order valence-corrected chi connectivity index (χ4v) is 8.70. The number of Topliss-reactive ketones (excluding diaryl/α,β-unsaturated/α-hetero) is 2. The predicted molar refractivity (Wildman–Crippen MR) is 180 cm³/mol. The number of ketones is 2. The number of carbonyl (C=O) groups is 2. The SMILES string of the molecule is CC[C@@]1(O)CC(OC2CC(O)C(OC3CC(O)C(OC4CCC(O)C(O)O4)C(C)O3)C(C)O2)C2=C(O)C3C(=O)c4c(O)cccc4C(=O)C3C(O)=C2C1O. The Bertz CT molecular complexity index is 1670. The number of benzene rings is 1. The van der Waals surface area contributed by atoms with E-state index in [2.05, 4.69) is 0 Å². The lowest BCUT2D eigenvalue weighted by atomic mass is 9.62. The molecule has 0 aromatic heterocycles. The van der Waals surface area contributed by atoms with Crippen LogP contribution in [-0.4, -0.2) is 143 Å². The van der Waals surface area contributed by atoms with Crippen molar-refractivity contribution in [3.8, 4) is 5.75 Å². The Kier molecular flexibility index (Phi) is 10.7. The van der Waals surface area contributed by atoms with Crippen LogP contribution in [0.3, 0.4) is 0 Å². The van der Waals surface area contributed by atoms with Gasteiger partial charge in [-0.05, 0) is 32.8 Å². The van der Waals surface area contributed by atoms with Gasteiger partial charge >= 0.3 is 0 Å². The summed E-state index contributed by atoms with van der Waals surface area (Å²) in [4.78, 5) is 27.4. The molecule has 0 spiro atoms. The molecule has 3 saturated heterocycles. The summed E-state index contributed by atoms with van der Waals surface area (Å²) in [7, 11) is 0. The summed E-state index contributed by atoms with van der Waals surface area (Å²) in [5, 5.41) is 98.4. The van der Waals surface area contributed by atoms with E-state index in [4.69, 9.17) is 28.4 Å². The molecule has 1 aromatic carbocycles. The zero-order chi connectivity index (χ0) is 39.0. The molecule has 54 heavy (non-hydrogen) atoms. The van der Waals surface area contributed by atoms with Crippen LogP contribution in [0.15, 0.2) is 40.9 Å². The summed E-state index contributed by atoms with van der Waals surface area (Å²) in [6.45, 7) is 4.87. The van der Waals surface area contributed by atoms with E-state index in [1.807, 2.05) is 0 Å². The van der Waals surface area contributed by atoms with Crippen molar-refractivity contribution >= 4 is 11.6 Å². The Morgan fingerprint density at radius 3 is 1.91 bits per heavy atom. The zero-order valence-electron chi connectivity index (χ0n) is 29.9. The van der Waals surface area contributed by atoms with Crippen molar-refractivity contribution in [1.29, 1.82) is 0 Å². The number of ether oxygens (including phenoxy) is 6. The summed E-state index contributed by atoms with van der Waals surface area (Å²) in [6, 6.07) is 3.91. The van der Waals surface area contributed by atoms with Crippen LogP contribution in [0.2, 0.25) is 0 Å². The fraction of sp³-hybridized carbons (Fsp3) is 0.676. The largest absolute Gasteiger partial charge is 0.511 e. The molecule has 0 bridgehead atoms. The standard InChI is InChI=1S/C37H48O17/c1-4-37(48)12-20(25-28(35(37)46)32(45)26-27(31(25)44)30(43)24-15(29(26)42)6-5-7-16(24)38)51-22-10-18(40)34(14(3)49-22)53-23-11-19(41)33(13(2)50-23)52-21-9-8-17(39)36(47)54-21/h5-7,13-14,17-23,26-27,33-36,38-41,44-48H,4,8-12H2,1-3H3/t13?,14?,17?,18?,19?,20?,21?,22?,23?,26?,27?,33?,34?,35?,36?,37-/m1/s1. The number of hydrogen-bond acceptors (Lipinski definition) is 17. The molecule has 17 heteroatoms. The number of hydrogen-bond donors (Lipinski definition) is 9. The molecular formula is C37H48O17. The van der Waals surface area contributed by atoms with E-state index in [1.165, 1.54) is 18.2 Å². The third-order valence-corrected chi connectivity index (χ3v) is 11.7. The van der Waals surface area contributed by atoms with Crippen LogP contribution in [0, 0.1) is 11.8 Å². The molecule has 0 amide bonds. The van der Waals surface area contributed by atoms with Gasteiger partial charge in [-0.15, -0.1) is 0 Å². The molecule has 6 aliphatic rings. The molecule has 15 unspecified atom stereocenters. The van der Waals surface area contributed by atoms with Gasteiger partial charge in [-0.2, -0.15) is 0 Å². The number of fused-ring (bicyclic) bond motifs is 3. The first-order chi connectivity index (χ1) is 25.5. The number of allylic oxidation sites excluding steroid dienone is 2. The van der Waals surface area contributed by atoms with E-state index < -0.39 is 126 Å². The summed E-state index contributed by atoms with van der Waals surface area (Å²) in [5.41, 5.74) is -2.93. The van der Waals surface area contributed by atoms with Crippen molar-refractivity contribution in [1.82, 2.24) is 0 Å². The maximum absolute atomic E-state index is 13.7. The number of aromatic hydroxyl groups is 1. The van der Waals surface area contributed by atoms with E-state index in [0.29, 0.717) is 6.42 Å². The van der Waals surface area contributed by atoms with Gasteiger partial charge in [0.15, 0.2) is 36.7 Å². The molecule has 298 valence electrons. The first-order valence-electron chi connectivity index (χ1n) is 18.4. The summed E-state index contributed by atoms with van der Waals surface area (Å²) in [6.07, 6.45) is -14.2. The summed E-state index contributed by atoms with van der Waals surface area (Å²) >= 11 is 0. The number of rotatable bonds is 7. The fourth-order valence-electron chi connectivity index (χ4n) is 8.70. The van der Waals surface area contributed by atoms with Crippen LogP contribution in [0.25, 0.3) is 0 Å². The average Bonchev–Trinajstić information content (AvgIpc) is 3.11. The second-order valence-electron chi connectivity index (χ2n) is 15.1. The van der Waals surface area contributed by atoms with Gasteiger partial charge in [0.05, 0.1) is 53.5 Å². The van der Waals surface area contributed by atoms with Gasteiger partial charge in [-0.1, -0.05) is 19.1 Å². The molecule has 1 aromatic rings. The van der Waals surface area contributed by atoms with E-state index >= 15 is 0 Å². The van der Waals surface area contributed by atoms with Crippen LogP contribution < -0.4 is 0 Å². The maximum atomic E-state index is 13.7. The Hall–Kier alpha value is -3.04. The average molecular weight is 765 g/mol. The highest BCUT2D eigenvalue weighted by molar-refractivity contribution is 6.19. The minimum absolute atomic E-state index is 0.0344. The van der Waals surface area contributed by atoms with Gasteiger partial charge in [0, 0.05) is 42.4 Å². The Morgan fingerprint density at radius 1 is 0.741 bits per heavy atom. The summed E-state index contributed by atoms with van der Waals surface area (Å²) in [5.74, 6) is -6.71. The quantitative estimate of drug-likeness (QED) is 0.183. The number of phenolic OH excluding ortho intramolecular Hbond substituents is 1. The first-order valence-corrected chi connectivity index (χ1v) is 18.4. The van der Waals surface area contributed by atoms with Crippen molar-refractivity contribution in [2.24, 2.45) is 11.8 Å². The Morgan fingerprint density at radius 2 is 1.31 bits per heavy atom. The van der Waals surface area contributed by atoms with Crippen molar-refractivity contribution in [3.05, 3.63) is 52.0 Å². The summed E-state index contributed by atoms with van der Waals surface area (Å²) < 4.78 is 35.5. The first kappa shape index (κ1) is 39.2. The highest BCUT2D eigenvalue weighted by Crippen LogP contribution is 2.52. The van der Waals surface area contributed by atoms with E-state index in [-0.39, 0.29) is 54.4 Å². The monoisotopic (exact) mass is 764 g/mol. The molecule has 3 heterocycles. The van der Waals surface area contributed by atoms with Crippen molar-refractivity contribution in [3.63, 3.8) is 0 Å². The molecule has 3 aliphatic heterocycles. The number of aliphatic hydroxyl groups excluding tert-OH is 7. The predicted octanol–water partition coefficient (Wildman–Crippen LogP) is 0.510. The number of aliphatic hydroxyl groups is 8. The lowest BCUT2D eigenvalue weighted by molar-refractivity contribution is -0.343. The second-order valence-corrected chi connectivity index (χ2v) is 15.1. The van der Waals surface area contributed by atoms with Gasteiger partial charge < -0.3 is 74.4 Å². The Labute approximate surface area is 309 Å². The third kappa shape index (κ3) is 6.67. The van der Waals surface area contributed by atoms with Gasteiger partial charge in [0.25, 0.3) is 0 Å². The molecular weight excluding hydrogens is 716 g/mol. The maximum Gasteiger partial charge on any atom is 0.183 e. The molecule has 17 nitrogen and oxygen atoms in total. The van der Waals surface area contributed by atoms with Crippen LogP contribution >= 0.6 is 0 Å². The molecule has 3 aliphatic carbocycles. The van der Waals surface area contributed by atoms with Gasteiger partial charge in [0.2, 0.25) is 0 Å². The molecule has 0 radical (unpaired) electrons. The van der Waals surface area contributed by atoms with Gasteiger partial charge in [-0.3, -0.25) is 9.59 Å². The Balaban J connectivity index is 1.06. The molecule has 7 rings (SSSR count). The molecule has 4 fully saturated rings. The van der Waals surface area contributed by atoms with Gasteiger partial charge in [-0.25, -0.2) is 0 Å². The lowest BCUT2D eigenvalue weighted by Crippen LogP contribution is -2.57. The van der Waals surface area contributed by atoms with Crippen molar-refractivity contribution in [2.45, 2.75) is 145 Å². The van der Waals surface area contributed by atoms with Crippen LogP contribution in [0.5, 0.6) is 5.75 Å². The number of phenols is 1.